The molecule has 0 saturated heterocycles. The molecule has 0 spiro atoms. The molecule has 0 unspecified atom stereocenters. The van der Waals surface area contributed by atoms with Gasteiger partial charge in [0, 0.05) is 19.7 Å². The fourth-order valence-electron chi connectivity index (χ4n) is 1.31. The maximum absolute atomic E-state index is 11.4. The van der Waals surface area contributed by atoms with E-state index in [1.54, 1.807) is 20.2 Å². The second-order valence-corrected chi connectivity index (χ2v) is 3.80. The van der Waals surface area contributed by atoms with E-state index in [9.17, 15) is 4.79 Å². The van der Waals surface area contributed by atoms with Gasteiger partial charge in [-0.1, -0.05) is 18.2 Å². The average Bonchev–Trinajstić information content (AvgIpc) is 2.26. The minimum Gasteiger partial charge on any atom is -0.483 e. The second-order valence-electron chi connectivity index (χ2n) is 3.80. The maximum atomic E-state index is 11.4. The average molecular weight is 223 g/mol. The highest BCUT2D eigenvalue weighted by Crippen LogP contribution is 2.23. The molecule has 0 fully saturated rings. The topological polar surface area (TPSA) is 49.8 Å². The van der Waals surface area contributed by atoms with Crippen LogP contribution in [0, 0.1) is 6.92 Å². The number of nitrogens with zero attached hydrogens (tertiary/aromatic N) is 1. The number of carbonyl (C=O) groups excluding carboxylic acids is 1. The predicted octanol–water partition coefficient (Wildman–Crippen LogP) is 0.954. The molecular weight excluding hydrogens is 206 g/mol. The highest BCUT2D eigenvalue weighted by molar-refractivity contribution is 5.77. The van der Waals surface area contributed by atoms with Gasteiger partial charge in [-0.2, -0.15) is 0 Å². The van der Waals surface area contributed by atoms with E-state index < -0.39 is 0 Å². The smallest absolute Gasteiger partial charge is 0.259 e. The van der Waals surface area contributed by atoms with Crippen molar-refractivity contribution < 1.29 is 14.6 Å². The molecule has 0 saturated carbocycles. The molecule has 0 aliphatic rings. The SMILES string of the molecule is Cc1cccc(CO)c1OCC(=O)N(C)C. The molecular formula is C12H17NO3. The van der Waals surface area contributed by atoms with Gasteiger partial charge in [-0.05, 0) is 12.5 Å². The number of ether oxygens (including phenoxy) is 1. The van der Waals surface area contributed by atoms with Crippen molar-refractivity contribution in [1.29, 1.82) is 0 Å². The van der Waals surface area contributed by atoms with Crippen LogP contribution in [0.5, 0.6) is 5.75 Å². The van der Waals surface area contributed by atoms with Gasteiger partial charge in [-0.25, -0.2) is 0 Å². The molecule has 4 nitrogen and oxygen atoms in total. The molecule has 4 heteroatoms. The Hall–Kier alpha value is -1.55. The van der Waals surface area contributed by atoms with E-state index in [-0.39, 0.29) is 19.1 Å². The van der Waals surface area contributed by atoms with E-state index in [1.807, 2.05) is 19.1 Å². The van der Waals surface area contributed by atoms with Gasteiger partial charge in [0.05, 0.1) is 6.61 Å². The number of likely N-dealkylation sites (N-methyl/N-ethyl adjacent to an activating group) is 1. The number of rotatable bonds is 4. The number of benzene rings is 1. The van der Waals surface area contributed by atoms with Crippen LogP contribution in [0.4, 0.5) is 0 Å². The molecule has 0 aliphatic carbocycles. The summed E-state index contributed by atoms with van der Waals surface area (Å²) < 4.78 is 5.43. The van der Waals surface area contributed by atoms with Crippen molar-refractivity contribution in [3.63, 3.8) is 0 Å². The summed E-state index contributed by atoms with van der Waals surface area (Å²) in [4.78, 5) is 12.8. The molecule has 1 aromatic carbocycles. The Bertz CT molecular complexity index is 375. The predicted molar refractivity (Wildman–Crippen MR) is 61.3 cm³/mol. The Morgan fingerprint density at radius 3 is 2.69 bits per heavy atom. The van der Waals surface area contributed by atoms with Crippen LogP contribution in [0.1, 0.15) is 11.1 Å². The summed E-state index contributed by atoms with van der Waals surface area (Å²) in [7, 11) is 3.35. The molecule has 16 heavy (non-hydrogen) atoms. The normalized spacial score (nSPS) is 10.0. The van der Waals surface area contributed by atoms with Crippen LogP contribution in [0.2, 0.25) is 0 Å². The Kier molecular flexibility index (Phi) is 4.31. The molecule has 0 aliphatic heterocycles. The molecule has 0 heterocycles. The zero-order valence-electron chi connectivity index (χ0n) is 9.86. The molecule has 1 N–H and O–H groups in total. The Morgan fingerprint density at radius 2 is 2.12 bits per heavy atom. The third kappa shape index (κ3) is 2.97. The summed E-state index contributed by atoms with van der Waals surface area (Å²) >= 11 is 0. The Balaban J connectivity index is 2.76. The molecule has 88 valence electrons. The monoisotopic (exact) mass is 223 g/mol. The van der Waals surface area contributed by atoms with Gasteiger partial charge < -0.3 is 14.7 Å². The van der Waals surface area contributed by atoms with Gasteiger partial charge in [-0.3, -0.25) is 4.79 Å². The Morgan fingerprint density at radius 1 is 1.44 bits per heavy atom. The molecule has 0 bridgehead atoms. The molecule has 1 aromatic rings. The molecule has 0 aromatic heterocycles. The van der Waals surface area contributed by atoms with Crippen LogP contribution in [-0.2, 0) is 11.4 Å². The van der Waals surface area contributed by atoms with Gasteiger partial charge in [0.1, 0.15) is 5.75 Å². The number of hydrogen-bond donors (Lipinski definition) is 1. The van der Waals surface area contributed by atoms with E-state index in [4.69, 9.17) is 9.84 Å². The van der Waals surface area contributed by atoms with Gasteiger partial charge in [0.25, 0.3) is 5.91 Å². The zero-order valence-corrected chi connectivity index (χ0v) is 9.86. The van der Waals surface area contributed by atoms with Crippen LogP contribution in [0.3, 0.4) is 0 Å². The van der Waals surface area contributed by atoms with Crippen LogP contribution in [-0.4, -0.2) is 36.6 Å². The van der Waals surface area contributed by atoms with Crippen molar-refractivity contribution in [1.82, 2.24) is 4.90 Å². The first kappa shape index (κ1) is 12.5. The van der Waals surface area contributed by atoms with Crippen molar-refractivity contribution in [2.45, 2.75) is 13.5 Å². The number of aliphatic hydroxyl groups excluding tert-OH is 1. The van der Waals surface area contributed by atoms with Crippen molar-refractivity contribution in [2.75, 3.05) is 20.7 Å². The third-order valence-electron chi connectivity index (χ3n) is 2.30. The molecule has 1 amide bonds. The highest BCUT2D eigenvalue weighted by atomic mass is 16.5. The lowest BCUT2D eigenvalue weighted by atomic mass is 10.1. The van der Waals surface area contributed by atoms with E-state index in [2.05, 4.69) is 0 Å². The van der Waals surface area contributed by atoms with Gasteiger partial charge in [0.15, 0.2) is 6.61 Å². The summed E-state index contributed by atoms with van der Waals surface area (Å²) in [6.07, 6.45) is 0. The second kappa shape index (κ2) is 5.51. The van der Waals surface area contributed by atoms with Crippen LogP contribution in [0.25, 0.3) is 0 Å². The summed E-state index contributed by atoms with van der Waals surface area (Å²) in [5.74, 6) is 0.493. The lowest BCUT2D eigenvalue weighted by Crippen LogP contribution is -2.27. The highest BCUT2D eigenvalue weighted by Gasteiger charge is 2.09. The number of aryl methyl sites for hydroxylation is 1. The number of hydrogen-bond acceptors (Lipinski definition) is 3. The standard InChI is InChI=1S/C12H17NO3/c1-9-5-4-6-10(7-14)12(9)16-8-11(15)13(2)3/h4-6,14H,7-8H2,1-3H3. The third-order valence-corrected chi connectivity index (χ3v) is 2.30. The van der Waals surface area contributed by atoms with Crippen molar-refractivity contribution in [3.8, 4) is 5.75 Å². The van der Waals surface area contributed by atoms with Crippen molar-refractivity contribution >= 4 is 5.91 Å². The quantitative estimate of drug-likeness (QED) is 0.827. The summed E-state index contributed by atoms with van der Waals surface area (Å²) in [6, 6.07) is 5.51. The first-order valence-electron chi connectivity index (χ1n) is 5.08. The maximum Gasteiger partial charge on any atom is 0.259 e. The summed E-state index contributed by atoms with van der Waals surface area (Å²) in [5, 5.41) is 9.14. The first-order chi connectivity index (χ1) is 7.56. The van der Waals surface area contributed by atoms with Crippen molar-refractivity contribution in [2.24, 2.45) is 0 Å². The number of amides is 1. The van der Waals surface area contributed by atoms with Gasteiger partial charge in [-0.15, -0.1) is 0 Å². The number of aliphatic hydroxyl groups is 1. The first-order valence-corrected chi connectivity index (χ1v) is 5.08. The van der Waals surface area contributed by atoms with Crippen LogP contribution < -0.4 is 4.74 Å². The largest absolute Gasteiger partial charge is 0.483 e. The molecule has 0 radical (unpaired) electrons. The fourth-order valence-corrected chi connectivity index (χ4v) is 1.31. The summed E-state index contributed by atoms with van der Waals surface area (Å²) in [6.45, 7) is 1.78. The fraction of sp³-hybridized carbons (Fsp3) is 0.417. The number of para-hydroxylation sites is 1. The minimum atomic E-state index is -0.104. The van der Waals surface area contributed by atoms with Gasteiger partial charge in [0.2, 0.25) is 0 Å². The minimum absolute atomic E-state index is 0.00907. The number of carbonyl (C=O) groups is 1. The lowest BCUT2D eigenvalue weighted by molar-refractivity contribution is -0.130. The van der Waals surface area contributed by atoms with Gasteiger partial charge >= 0.3 is 0 Å². The van der Waals surface area contributed by atoms with Crippen LogP contribution in [0.15, 0.2) is 18.2 Å². The Labute approximate surface area is 95.5 Å². The van der Waals surface area contributed by atoms with E-state index in [0.29, 0.717) is 11.3 Å². The van der Waals surface area contributed by atoms with E-state index >= 15 is 0 Å². The summed E-state index contributed by atoms with van der Waals surface area (Å²) in [5.41, 5.74) is 1.62. The van der Waals surface area contributed by atoms with Crippen molar-refractivity contribution in [3.05, 3.63) is 29.3 Å². The molecule has 1 rings (SSSR count). The molecule has 0 atom stereocenters. The van der Waals surface area contributed by atoms with E-state index in [0.717, 1.165) is 5.56 Å². The lowest BCUT2D eigenvalue weighted by Gasteiger charge is -2.14. The van der Waals surface area contributed by atoms with E-state index in [1.165, 1.54) is 4.90 Å². The van der Waals surface area contributed by atoms with Crippen LogP contribution >= 0.6 is 0 Å². The zero-order chi connectivity index (χ0) is 12.1.